The number of thioether (sulfide) groups is 1. The predicted octanol–water partition coefficient (Wildman–Crippen LogP) is 2.47. The molecule has 5 heteroatoms. The van der Waals surface area contributed by atoms with Crippen LogP contribution in [0.5, 0.6) is 0 Å². The molecule has 1 aromatic heterocycles. The molecule has 0 saturated heterocycles. The van der Waals surface area contributed by atoms with Crippen LogP contribution in [-0.4, -0.2) is 18.6 Å². The van der Waals surface area contributed by atoms with E-state index in [9.17, 15) is 5.26 Å². The summed E-state index contributed by atoms with van der Waals surface area (Å²) in [5.41, 5.74) is 4.19. The lowest BCUT2D eigenvalue weighted by atomic mass is 10.0. The van der Waals surface area contributed by atoms with Gasteiger partial charge in [0, 0.05) is 22.8 Å². The topological polar surface area (TPSA) is 41.1 Å². The van der Waals surface area contributed by atoms with Crippen molar-refractivity contribution < 1.29 is 4.90 Å². The molecule has 0 radical (unpaired) electrons. The lowest BCUT2D eigenvalue weighted by Gasteiger charge is -2.22. The average molecular weight is 331 g/mol. The van der Waals surface area contributed by atoms with E-state index in [-0.39, 0.29) is 0 Å². The Labute approximate surface area is 139 Å². The van der Waals surface area contributed by atoms with Crippen LogP contribution in [0, 0.1) is 11.3 Å². The molecule has 0 bridgehead atoms. The van der Waals surface area contributed by atoms with Crippen LogP contribution in [0.4, 0.5) is 0 Å². The highest BCUT2D eigenvalue weighted by Gasteiger charge is 2.20. The smallest absolute Gasteiger partial charge is 0.114 e. The van der Waals surface area contributed by atoms with Crippen LogP contribution in [0.2, 0.25) is 5.02 Å². The minimum absolute atomic E-state index is 0.681. The number of hydrogen-bond acceptors (Lipinski definition) is 3. The van der Waals surface area contributed by atoms with Gasteiger partial charge < -0.3 is 4.90 Å². The zero-order chi connectivity index (χ0) is 15.5. The van der Waals surface area contributed by atoms with Gasteiger partial charge >= 0.3 is 0 Å². The van der Waals surface area contributed by atoms with Gasteiger partial charge in [-0.05, 0) is 23.8 Å². The number of nitriles is 1. The van der Waals surface area contributed by atoms with E-state index < -0.39 is 0 Å². The lowest BCUT2D eigenvalue weighted by molar-refractivity contribution is -0.895. The van der Waals surface area contributed by atoms with Crippen molar-refractivity contribution in [3.63, 3.8) is 0 Å². The van der Waals surface area contributed by atoms with Crippen molar-refractivity contribution in [3.05, 3.63) is 57.7 Å². The summed E-state index contributed by atoms with van der Waals surface area (Å²) in [6.07, 6.45) is 0.984. The molecule has 112 valence electrons. The molecule has 1 aliphatic rings. The van der Waals surface area contributed by atoms with Gasteiger partial charge in [-0.1, -0.05) is 23.7 Å². The third-order valence-corrected chi connectivity index (χ3v) is 5.12. The molecule has 0 aliphatic carbocycles. The molecule has 3 rings (SSSR count). The zero-order valence-corrected chi connectivity index (χ0v) is 14.0. The largest absolute Gasteiger partial charge is 0.333 e. The van der Waals surface area contributed by atoms with Gasteiger partial charge in [-0.25, -0.2) is 4.98 Å². The Balaban J connectivity index is 1.83. The van der Waals surface area contributed by atoms with Gasteiger partial charge in [0.25, 0.3) is 0 Å². The lowest BCUT2D eigenvalue weighted by Crippen LogP contribution is -3.08. The first-order chi connectivity index (χ1) is 10.7. The predicted molar refractivity (Wildman–Crippen MR) is 89.1 cm³/mol. The SMILES string of the molecule is C[NH+]1CCc2nc(SCc3cccc(Cl)c3)c(C#N)cc2C1. The third kappa shape index (κ3) is 3.44. The van der Waals surface area contributed by atoms with Crippen LogP contribution in [0.1, 0.15) is 22.4 Å². The molecule has 0 spiro atoms. The highest BCUT2D eigenvalue weighted by Crippen LogP contribution is 2.27. The first-order valence-electron chi connectivity index (χ1n) is 7.27. The van der Waals surface area contributed by atoms with E-state index in [1.54, 1.807) is 11.8 Å². The van der Waals surface area contributed by atoms with Gasteiger partial charge in [0.2, 0.25) is 0 Å². The molecule has 1 atom stereocenters. The Hall–Kier alpha value is -1.54. The van der Waals surface area contributed by atoms with Crippen molar-refractivity contribution in [2.24, 2.45) is 0 Å². The van der Waals surface area contributed by atoms with Crippen LogP contribution in [0.25, 0.3) is 0 Å². The van der Waals surface area contributed by atoms with E-state index in [1.807, 2.05) is 30.3 Å². The summed E-state index contributed by atoms with van der Waals surface area (Å²) in [4.78, 5) is 6.22. The maximum absolute atomic E-state index is 9.40. The second-order valence-electron chi connectivity index (χ2n) is 5.61. The van der Waals surface area contributed by atoms with Crippen molar-refractivity contribution in [2.75, 3.05) is 13.6 Å². The Morgan fingerprint density at radius 2 is 2.27 bits per heavy atom. The summed E-state index contributed by atoms with van der Waals surface area (Å²) in [7, 11) is 2.18. The first kappa shape index (κ1) is 15.4. The Morgan fingerprint density at radius 3 is 3.05 bits per heavy atom. The maximum Gasteiger partial charge on any atom is 0.114 e. The van der Waals surface area contributed by atoms with Gasteiger partial charge in [0.1, 0.15) is 17.6 Å². The number of likely N-dealkylation sites (N-methyl/N-ethyl adjacent to an activating group) is 1. The average Bonchev–Trinajstić information content (AvgIpc) is 2.52. The molecular formula is C17H17ClN3S+. The fraction of sp³-hybridized carbons (Fsp3) is 0.294. The minimum Gasteiger partial charge on any atom is -0.333 e. The molecule has 2 heterocycles. The van der Waals surface area contributed by atoms with E-state index in [1.165, 1.54) is 10.5 Å². The molecule has 22 heavy (non-hydrogen) atoms. The molecule has 0 fully saturated rings. The van der Waals surface area contributed by atoms with Gasteiger partial charge in [0.05, 0.1) is 24.8 Å². The van der Waals surface area contributed by atoms with Crippen LogP contribution in [0.3, 0.4) is 0 Å². The Morgan fingerprint density at radius 1 is 1.41 bits per heavy atom. The first-order valence-corrected chi connectivity index (χ1v) is 8.63. The molecule has 0 saturated carbocycles. The standard InChI is InChI=1S/C17H16ClN3S/c1-21-6-5-16-14(10-21)8-13(9-19)17(20-16)22-11-12-3-2-4-15(18)7-12/h2-4,7-8H,5-6,10-11H2,1H3/p+1. The minimum atomic E-state index is 0.681. The summed E-state index contributed by atoms with van der Waals surface area (Å²) in [5.74, 6) is 0.770. The van der Waals surface area contributed by atoms with E-state index in [2.05, 4.69) is 13.1 Å². The van der Waals surface area contributed by atoms with Gasteiger partial charge in [-0.3, -0.25) is 0 Å². The summed E-state index contributed by atoms with van der Waals surface area (Å²) in [6, 6.07) is 12.1. The Kier molecular flexibility index (Phi) is 4.68. The maximum atomic E-state index is 9.40. The van der Waals surface area contributed by atoms with Gasteiger partial charge in [-0.2, -0.15) is 5.26 Å². The Bertz CT molecular complexity index is 739. The molecule has 1 aliphatic heterocycles. The van der Waals surface area contributed by atoms with E-state index in [0.29, 0.717) is 5.56 Å². The number of nitrogens with one attached hydrogen (secondary N) is 1. The quantitative estimate of drug-likeness (QED) is 0.879. The monoisotopic (exact) mass is 330 g/mol. The van der Waals surface area contributed by atoms with E-state index in [0.717, 1.165) is 46.6 Å². The number of fused-ring (bicyclic) bond motifs is 1. The highest BCUT2D eigenvalue weighted by atomic mass is 35.5. The number of nitrogens with zero attached hydrogens (tertiary/aromatic N) is 2. The summed E-state index contributed by atoms with van der Waals surface area (Å²) in [5, 5.41) is 11.0. The number of rotatable bonds is 3. The van der Waals surface area contributed by atoms with Crippen molar-refractivity contribution in [3.8, 4) is 6.07 Å². The summed E-state index contributed by atoms with van der Waals surface area (Å²) < 4.78 is 0. The normalized spacial score (nSPS) is 16.9. The molecule has 2 aromatic rings. The summed E-state index contributed by atoms with van der Waals surface area (Å²) in [6.45, 7) is 2.06. The van der Waals surface area contributed by atoms with Crippen LogP contribution >= 0.6 is 23.4 Å². The number of quaternary nitrogens is 1. The fourth-order valence-corrected chi connectivity index (χ4v) is 3.79. The number of halogens is 1. The highest BCUT2D eigenvalue weighted by molar-refractivity contribution is 7.98. The van der Waals surface area contributed by atoms with Crippen molar-refractivity contribution in [1.29, 1.82) is 5.26 Å². The van der Waals surface area contributed by atoms with Crippen LogP contribution in [-0.2, 0) is 18.7 Å². The number of hydrogen-bond donors (Lipinski definition) is 1. The number of benzene rings is 1. The zero-order valence-electron chi connectivity index (χ0n) is 12.4. The number of aromatic nitrogens is 1. The molecule has 1 aromatic carbocycles. The van der Waals surface area contributed by atoms with Gasteiger partial charge in [-0.15, -0.1) is 11.8 Å². The van der Waals surface area contributed by atoms with Crippen molar-refractivity contribution >= 4 is 23.4 Å². The third-order valence-electron chi connectivity index (χ3n) is 3.82. The van der Waals surface area contributed by atoms with Crippen molar-refractivity contribution in [2.45, 2.75) is 23.7 Å². The van der Waals surface area contributed by atoms with Crippen LogP contribution < -0.4 is 4.90 Å². The second-order valence-corrected chi connectivity index (χ2v) is 7.01. The fourth-order valence-electron chi connectivity index (χ4n) is 2.66. The second kappa shape index (κ2) is 6.70. The van der Waals surface area contributed by atoms with E-state index >= 15 is 0 Å². The molecule has 3 nitrogen and oxygen atoms in total. The van der Waals surface area contributed by atoms with Crippen molar-refractivity contribution in [1.82, 2.24) is 4.98 Å². The number of pyridine rings is 1. The molecule has 0 amide bonds. The molecular weight excluding hydrogens is 314 g/mol. The van der Waals surface area contributed by atoms with Gasteiger partial charge in [0.15, 0.2) is 0 Å². The van der Waals surface area contributed by atoms with E-state index in [4.69, 9.17) is 16.6 Å². The van der Waals surface area contributed by atoms with Crippen LogP contribution in [0.15, 0.2) is 35.4 Å². The molecule has 1 N–H and O–H groups in total. The summed E-state index contributed by atoms with van der Waals surface area (Å²) >= 11 is 7.62. The molecule has 1 unspecified atom stereocenters.